The minimum Gasteiger partial charge on any atom is -0.347 e. The summed E-state index contributed by atoms with van der Waals surface area (Å²) in [6, 6.07) is 8.63. The molecule has 2 heterocycles. The van der Waals surface area contributed by atoms with Crippen LogP contribution in [0.25, 0.3) is 0 Å². The lowest BCUT2D eigenvalue weighted by Gasteiger charge is -2.38. The Bertz CT molecular complexity index is 450. The van der Waals surface area contributed by atoms with Crippen molar-refractivity contribution in [3.63, 3.8) is 0 Å². The van der Waals surface area contributed by atoms with Gasteiger partial charge in [0.05, 0.1) is 13.2 Å². The Kier molecular flexibility index (Phi) is 4.46. The van der Waals surface area contributed by atoms with Gasteiger partial charge in [0.15, 0.2) is 5.79 Å². The molecule has 0 N–H and O–H groups in total. The lowest BCUT2D eigenvalue weighted by Crippen LogP contribution is -2.46. The van der Waals surface area contributed by atoms with E-state index in [4.69, 9.17) is 9.47 Å². The standard InChI is InChI=1S/C16H22BrNO2/c1-13(14-3-2-4-15(17)11-14)12-18-7-5-16(6-8-18)19-9-10-20-16/h2-4,11,13H,5-10,12H2,1H3. The molecule has 4 heteroatoms. The third-order valence-electron chi connectivity index (χ3n) is 4.38. The second kappa shape index (κ2) is 6.14. The molecule has 1 spiro atoms. The number of piperidine rings is 1. The number of benzene rings is 1. The van der Waals surface area contributed by atoms with E-state index in [2.05, 4.69) is 52.0 Å². The summed E-state index contributed by atoms with van der Waals surface area (Å²) in [5, 5.41) is 0. The minimum absolute atomic E-state index is 0.254. The van der Waals surface area contributed by atoms with Crippen molar-refractivity contribution in [3.8, 4) is 0 Å². The zero-order valence-corrected chi connectivity index (χ0v) is 13.6. The maximum Gasteiger partial charge on any atom is 0.170 e. The average Bonchev–Trinajstić information content (AvgIpc) is 2.90. The van der Waals surface area contributed by atoms with E-state index in [1.54, 1.807) is 0 Å². The highest BCUT2D eigenvalue weighted by molar-refractivity contribution is 9.10. The predicted octanol–water partition coefficient (Wildman–Crippen LogP) is 3.39. The number of halogens is 1. The van der Waals surface area contributed by atoms with Crippen LogP contribution in [0.3, 0.4) is 0 Å². The van der Waals surface area contributed by atoms with Crippen LogP contribution < -0.4 is 0 Å². The number of hydrogen-bond donors (Lipinski definition) is 0. The second-order valence-electron chi connectivity index (χ2n) is 5.86. The predicted molar refractivity (Wildman–Crippen MR) is 82.9 cm³/mol. The topological polar surface area (TPSA) is 21.7 Å². The van der Waals surface area contributed by atoms with Gasteiger partial charge in [0, 0.05) is 36.9 Å². The van der Waals surface area contributed by atoms with Gasteiger partial charge in [-0.1, -0.05) is 35.0 Å². The van der Waals surface area contributed by atoms with Gasteiger partial charge in [0.1, 0.15) is 0 Å². The van der Waals surface area contributed by atoms with Gasteiger partial charge in [-0.15, -0.1) is 0 Å². The van der Waals surface area contributed by atoms with E-state index < -0.39 is 0 Å². The van der Waals surface area contributed by atoms with E-state index in [9.17, 15) is 0 Å². The normalized spacial score (nSPS) is 24.1. The molecule has 0 aliphatic carbocycles. The van der Waals surface area contributed by atoms with Gasteiger partial charge in [0.2, 0.25) is 0 Å². The summed E-state index contributed by atoms with van der Waals surface area (Å²) in [7, 11) is 0. The van der Waals surface area contributed by atoms with Gasteiger partial charge in [-0.05, 0) is 23.6 Å². The van der Waals surface area contributed by atoms with Gasteiger partial charge >= 0.3 is 0 Å². The number of ether oxygens (including phenoxy) is 2. The van der Waals surface area contributed by atoms with Crippen LogP contribution >= 0.6 is 15.9 Å². The monoisotopic (exact) mass is 339 g/mol. The first-order chi connectivity index (χ1) is 9.67. The largest absolute Gasteiger partial charge is 0.347 e. The molecule has 3 rings (SSSR count). The Morgan fingerprint density at radius 3 is 2.60 bits per heavy atom. The Hall–Kier alpha value is -0.420. The fourth-order valence-corrected chi connectivity index (χ4v) is 3.58. The molecule has 1 unspecified atom stereocenters. The van der Waals surface area contributed by atoms with Gasteiger partial charge in [-0.3, -0.25) is 0 Å². The minimum atomic E-state index is -0.254. The molecule has 0 aromatic heterocycles. The molecular formula is C16H22BrNO2. The fourth-order valence-electron chi connectivity index (χ4n) is 3.17. The van der Waals surface area contributed by atoms with Crippen LogP contribution in [0, 0.1) is 0 Å². The van der Waals surface area contributed by atoms with Crippen LogP contribution in [-0.2, 0) is 9.47 Å². The van der Waals surface area contributed by atoms with E-state index in [0.29, 0.717) is 5.92 Å². The van der Waals surface area contributed by atoms with Crippen molar-refractivity contribution >= 4 is 15.9 Å². The molecule has 1 atom stereocenters. The van der Waals surface area contributed by atoms with Crippen molar-refractivity contribution in [2.45, 2.75) is 31.5 Å². The van der Waals surface area contributed by atoms with Crippen LogP contribution in [0.2, 0.25) is 0 Å². The Balaban J connectivity index is 1.54. The van der Waals surface area contributed by atoms with Crippen LogP contribution in [0.1, 0.15) is 31.2 Å². The lowest BCUT2D eigenvalue weighted by atomic mass is 9.98. The molecule has 0 amide bonds. The Morgan fingerprint density at radius 2 is 1.95 bits per heavy atom. The van der Waals surface area contributed by atoms with E-state index >= 15 is 0 Å². The van der Waals surface area contributed by atoms with Gasteiger partial charge in [0.25, 0.3) is 0 Å². The first-order valence-corrected chi connectivity index (χ1v) is 8.22. The maximum absolute atomic E-state index is 5.78. The van der Waals surface area contributed by atoms with Crippen LogP contribution in [-0.4, -0.2) is 43.5 Å². The van der Waals surface area contributed by atoms with Crippen molar-refractivity contribution in [3.05, 3.63) is 34.3 Å². The Labute approximate surface area is 129 Å². The smallest absolute Gasteiger partial charge is 0.170 e. The molecule has 1 aromatic carbocycles. The van der Waals surface area contributed by atoms with Crippen molar-refractivity contribution in [1.82, 2.24) is 4.90 Å². The van der Waals surface area contributed by atoms with Gasteiger partial charge < -0.3 is 14.4 Å². The zero-order chi connectivity index (χ0) is 14.0. The van der Waals surface area contributed by atoms with Crippen LogP contribution in [0.5, 0.6) is 0 Å². The first-order valence-electron chi connectivity index (χ1n) is 7.43. The summed E-state index contributed by atoms with van der Waals surface area (Å²) >= 11 is 3.55. The molecule has 2 aliphatic rings. The van der Waals surface area contributed by atoms with Crippen molar-refractivity contribution < 1.29 is 9.47 Å². The average molecular weight is 340 g/mol. The summed E-state index contributed by atoms with van der Waals surface area (Å²) in [5.41, 5.74) is 1.40. The van der Waals surface area contributed by atoms with Crippen molar-refractivity contribution in [1.29, 1.82) is 0 Å². The lowest BCUT2D eigenvalue weighted by molar-refractivity contribution is -0.185. The molecule has 0 radical (unpaired) electrons. The summed E-state index contributed by atoms with van der Waals surface area (Å²) in [4.78, 5) is 2.53. The molecule has 2 aliphatic heterocycles. The summed E-state index contributed by atoms with van der Waals surface area (Å²) in [5.74, 6) is 0.294. The molecule has 110 valence electrons. The Morgan fingerprint density at radius 1 is 1.25 bits per heavy atom. The van der Waals surface area contributed by atoms with E-state index in [1.165, 1.54) is 5.56 Å². The first kappa shape index (κ1) is 14.5. The summed E-state index contributed by atoms with van der Waals surface area (Å²) in [6.45, 7) is 7.06. The maximum atomic E-state index is 5.78. The highest BCUT2D eigenvalue weighted by Gasteiger charge is 2.39. The van der Waals surface area contributed by atoms with Gasteiger partial charge in [-0.2, -0.15) is 0 Å². The number of rotatable bonds is 3. The van der Waals surface area contributed by atoms with Crippen LogP contribution in [0.15, 0.2) is 28.7 Å². The van der Waals surface area contributed by atoms with E-state index in [-0.39, 0.29) is 5.79 Å². The quantitative estimate of drug-likeness (QED) is 0.842. The van der Waals surface area contributed by atoms with Crippen LogP contribution in [0.4, 0.5) is 0 Å². The molecule has 1 aromatic rings. The van der Waals surface area contributed by atoms with Crippen molar-refractivity contribution in [2.75, 3.05) is 32.8 Å². The van der Waals surface area contributed by atoms with Crippen molar-refractivity contribution in [2.24, 2.45) is 0 Å². The van der Waals surface area contributed by atoms with Gasteiger partial charge in [-0.25, -0.2) is 0 Å². The molecule has 0 saturated carbocycles. The number of hydrogen-bond acceptors (Lipinski definition) is 3. The molecule has 0 bridgehead atoms. The summed E-state index contributed by atoms with van der Waals surface area (Å²) < 4.78 is 12.7. The second-order valence-corrected chi connectivity index (χ2v) is 6.78. The van der Waals surface area contributed by atoms with E-state index in [0.717, 1.165) is 50.2 Å². The molecular weight excluding hydrogens is 318 g/mol. The molecule has 2 saturated heterocycles. The third-order valence-corrected chi connectivity index (χ3v) is 4.87. The SMILES string of the molecule is CC(CN1CCC2(CC1)OCCO2)c1cccc(Br)c1. The third kappa shape index (κ3) is 3.25. The van der Waals surface area contributed by atoms with E-state index in [1.807, 2.05) is 0 Å². The fraction of sp³-hybridized carbons (Fsp3) is 0.625. The number of likely N-dealkylation sites (tertiary alicyclic amines) is 1. The highest BCUT2D eigenvalue weighted by Crippen LogP contribution is 2.32. The highest BCUT2D eigenvalue weighted by atomic mass is 79.9. The molecule has 3 nitrogen and oxygen atoms in total. The summed E-state index contributed by atoms with van der Waals surface area (Å²) in [6.07, 6.45) is 2.00. The molecule has 20 heavy (non-hydrogen) atoms. The molecule has 2 fully saturated rings. The zero-order valence-electron chi connectivity index (χ0n) is 12.0. The number of nitrogens with zero attached hydrogens (tertiary/aromatic N) is 1.